The molecule has 1 unspecified atom stereocenters. The molecule has 14 heteroatoms. The Kier molecular flexibility index (Phi) is 5.69. The fraction of sp³-hybridized carbons (Fsp3) is 0.333. The van der Waals surface area contributed by atoms with Crippen LogP contribution in [0.3, 0.4) is 0 Å². The van der Waals surface area contributed by atoms with Crippen molar-refractivity contribution < 1.29 is 36.7 Å². The van der Waals surface area contributed by atoms with Gasteiger partial charge in [0.1, 0.15) is 10.6 Å². The summed E-state index contributed by atoms with van der Waals surface area (Å²) >= 11 is 3.35. The number of hydrogen-bond donors (Lipinski definition) is 5. The molecule has 7 N–H and O–H groups in total. The fourth-order valence-corrected chi connectivity index (χ4v) is 5.57. The number of halogens is 5. The molecule has 1 aromatic heterocycles. The summed E-state index contributed by atoms with van der Waals surface area (Å²) in [6, 6.07) is 2.76. The van der Waals surface area contributed by atoms with E-state index in [0.717, 1.165) is 6.20 Å². The van der Waals surface area contributed by atoms with Crippen molar-refractivity contribution in [1.82, 2.24) is 5.43 Å². The van der Waals surface area contributed by atoms with E-state index in [1.165, 1.54) is 12.1 Å². The first kappa shape index (κ1) is 22.3. The van der Waals surface area contributed by atoms with E-state index in [4.69, 9.17) is 26.1 Å². The average Bonchev–Trinajstić information content (AvgIpc) is 3.09. The maximum atomic E-state index is 14.3. The topological polar surface area (TPSA) is 131 Å². The van der Waals surface area contributed by atoms with Gasteiger partial charge in [-0.15, -0.1) is 11.3 Å². The molecule has 0 bridgehead atoms. The first-order valence-electron chi connectivity index (χ1n) is 7.93. The summed E-state index contributed by atoms with van der Waals surface area (Å²) in [5.74, 6) is 1.51. The van der Waals surface area contributed by atoms with E-state index in [2.05, 4.69) is 21.4 Å². The molecule has 0 spiro atoms. The minimum atomic E-state index is -5.83. The zero-order valence-electron chi connectivity index (χ0n) is 14.3. The van der Waals surface area contributed by atoms with E-state index in [1.807, 2.05) is 0 Å². The van der Waals surface area contributed by atoms with Gasteiger partial charge in [-0.3, -0.25) is 10.4 Å². The van der Waals surface area contributed by atoms with E-state index in [1.54, 1.807) is 0 Å². The van der Waals surface area contributed by atoms with Gasteiger partial charge in [-0.1, -0.05) is 0 Å². The van der Waals surface area contributed by atoms with Crippen molar-refractivity contribution in [3.05, 3.63) is 33.2 Å². The quantitative estimate of drug-likeness (QED) is 0.163. The third-order valence-electron chi connectivity index (χ3n) is 4.36. The first-order chi connectivity index (χ1) is 13.3. The number of nitrogens with one attached hydrogen (secondary N) is 1. The number of hydrogen-bond acceptors (Lipinski definition) is 6. The molecule has 0 saturated heterocycles. The number of nitrogens with two attached hydrogens (primary N) is 2. The zero-order chi connectivity index (χ0) is 21.8. The average molecular weight is 520 g/mol. The molecule has 1 aliphatic rings. The lowest BCUT2D eigenvalue weighted by Gasteiger charge is -2.16. The van der Waals surface area contributed by atoms with E-state index in [9.17, 15) is 22.1 Å². The number of alkyl halides is 4. The number of hydrazine groups is 1. The Morgan fingerprint density at radius 3 is 2.59 bits per heavy atom. The van der Waals surface area contributed by atoms with Gasteiger partial charge in [0.25, 0.3) is 5.92 Å². The highest BCUT2D eigenvalue weighted by Crippen LogP contribution is 2.63. The molecule has 160 valence electrons. The number of ether oxygens (including phenoxy) is 1. The largest absolute Gasteiger partial charge is 0.492 e. The Labute approximate surface area is 174 Å². The van der Waals surface area contributed by atoms with E-state index < -0.39 is 30.0 Å². The maximum Gasteiger partial charge on any atom is 0.400 e. The summed E-state index contributed by atoms with van der Waals surface area (Å²) < 4.78 is 71.6. The van der Waals surface area contributed by atoms with Crippen LogP contribution in [0.4, 0.5) is 17.6 Å². The standard InChI is InChI=1S/C15H15BrF4N3O4PS/c16-11-8-1-6(9(4-21)23-22)2-10(27-5-7-3-14(7,17)18)12(8)29-13(11)15(19,20)28(24,25)26/h1-2,4,7,23H,3,5,21-22H2,(H2,24,25,26)/b9-4-. The van der Waals surface area contributed by atoms with Gasteiger partial charge >= 0.3 is 13.3 Å². The first-order valence-corrected chi connectivity index (χ1v) is 11.1. The molecule has 0 aliphatic heterocycles. The lowest BCUT2D eigenvalue weighted by molar-refractivity contribution is 0.0595. The minimum Gasteiger partial charge on any atom is -0.492 e. The number of thiophene rings is 1. The monoisotopic (exact) mass is 519 g/mol. The molecule has 1 aliphatic carbocycles. The van der Waals surface area contributed by atoms with E-state index in [-0.39, 0.29) is 39.0 Å². The molecule has 1 fully saturated rings. The third-order valence-corrected chi connectivity index (χ3v) is 7.85. The fourth-order valence-electron chi connectivity index (χ4n) is 2.60. The molecular weight excluding hydrogens is 505 g/mol. The van der Waals surface area contributed by atoms with Gasteiger partial charge in [-0.25, -0.2) is 8.78 Å². The summed E-state index contributed by atoms with van der Waals surface area (Å²) in [7, 11) is -5.83. The van der Waals surface area contributed by atoms with Crippen molar-refractivity contribution in [2.75, 3.05) is 6.61 Å². The van der Waals surface area contributed by atoms with Crippen LogP contribution < -0.4 is 21.7 Å². The Morgan fingerprint density at radius 2 is 2.10 bits per heavy atom. The normalized spacial score (nSPS) is 19.4. The van der Waals surface area contributed by atoms with E-state index in [0.29, 0.717) is 16.9 Å². The summed E-state index contributed by atoms with van der Waals surface area (Å²) in [6.07, 6.45) is 0.759. The summed E-state index contributed by atoms with van der Waals surface area (Å²) in [5.41, 5.74) is 3.80. The van der Waals surface area contributed by atoms with Crippen LogP contribution in [0.15, 0.2) is 22.8 Å². The van der Waals surface area contributed by atoms with Gasteiger partial charge < -0.3 is 25.7 Å². The number of fused-ring (bicyclic) bond motifs is 1. The molecule has 3 rings (SSSR count). The highest BCUT2D eigenvalue weighted by Gasteiger charge is 2.57. The van der Waals surface area contributed by atoms with Gasteiger partial charge in [-0.05, 0) is 28.1 Å². The molecule has 1 aromatic carbocycles. The zero-order valence-corrected chi connectivity index (χ0v) is 17.6. The van der Waals surface area contributed by atoms with Crippen LogP contribution in [0, 0.1) is 5.92 Å². The van der Waals surface area contributed by atoms with Gasteiger partial charge in [0.15, 0.2) is 0 Å². The second-order valence-electron chi connectivity index (χ2n) is 6.38. The smallest absolute Gasteiger partial charge is 0.400 e. The predicted molar refractivity (Wildman–Crippen MR) is 103 cm³/mol. The second kappa shape index (κ2) is 7.40. The molecule has 0 radical (unpaired) electrons. The van der Waals surface area contributed by atoms with Crippen LogP contribution >= 0.6 is 34.9 Å². The molecule has 1 heterocycles. The lowest BCUT2D eigenvalue weighted by atomic mass is 10.1. The van der Waals surface area contributed by atoms with Crippen molar-refractivity contribution in [3.8, 4) is 5.75 Å². The summed E-state index contributed by atoms with van der Waals surface area (Å²) in [4.78, 5) is 17.2. The molecule has 29 heavy (non-hydrogen) atoms. The Morgan fingerprint density at radius 1 is 1.48 bits per heavy atom. The van der Waals surface area contributed by atoms with Crippen LogP contribution in [0.25, 0.3) is 15.8 Å². The number of benzene rings is 1. The van der Waals surface area contributed by atoms with Crippen LogP contribution in [0.1, 0.15) is 16.9 Å². The van der Waals surface area contributed by atoms with Gasteiger partial charge in [0.05, 0.1) is 22.9 Å². The van der Waals surface area contributed by atoms with E-state index >= 15 is 0 Å². The molecule has 1 atom stereocenters. The third kappa shape index (κ3) is 3.99. The van der Waals surface area contributed by atoms with Crippen molar-refractivity contribution in [3.63, 3.8) is 0 Å². The van der Waals surface area contributed by atoms with Crippen molar-refractivity contribution >= 4 is 50.6 Å². The Hall–Kier alpha value is -1.37. The highest BCUT2D eigenvalue weighted by molar-refractivity contribution is 9.10. The van der Waals surface area contributed by atoms with Crippen LogP contribution in [0.2, 0.25) is 0 Å². The second-order valence-corrected chi connectivity index (χ2v) is 9.84. The predicted octanol–water partition coefficient (Wildman–Crippen LogP) is 3.65. The van der Waals surface area contributed by atoms with Crippen molar-refractivity contribution in [2.45, 2.75) is 18.0 Å². The SMILES string of the molecule is N/C=C(\NN)c1cc(OCC2CC2(F)F)c2sc(C(F)(F)P(=O)(O)O)c(Br)c2c1. The van der Waals surface area contributed by atoms with Gasteiger partial charge in [0, 0.05) is 28.0 Å². The molecule has 1 saturated carbocycles. The molecular formula is C15H15BrF4N3O4PS. The lowest BCUT2D eigenvalue weighted by Crippen LogP contribution is -2.21. The van der Waals surface area contributed by atoms with Gasteiger partial charge in [-0.2, -0.15) is 8.78 Å². The van der Waals surface area contributed by atoms with Crippen molar-refractivity contribution in [1.29, 1.82) is 0 Å². The Balaban J connectivity index is 2.16. The summed E-state index contributed by atoms with van der Waals surface area (Å²) in [6.45, 7) is -0.358. The van der Waals surface area contributed by atoms with Crippen molar-refractivity contribution in [2.24, 2.45) is 17.5 Å². The number of rotatable bonds is 7. The van der Waals surface area contributed by atoms with Crippen LogP contribution in [-0.4, -0.2) is 22.3 Å². The Bertz CT molecular complexity index is 1040. The van der Waals surface area contributed by atoms with Gasteiger partial charge in [0.2, 0.25) is 0 Å². The van der Waals surface area contributed by atoms with Crippen LogP contribution in [0.5, 0.6) is 5.75 Å². The molecule has 7 nitrogen and oxygen atoms in total. The maximum absolute atomic E-state index is 14.3. The summed E-state index contributed by atoms with van der Waals surface area (Å²) in [5, 5.41) is 0.128. The molecule has 2 aromatic rings. The molecule has 0 amide bonds. The highest BCUT2D eigenvalue weighted by atomic mass is 79.9. The van der Waals surface area contributed by atoms with Crippen LogP contribution in [-0.2, 0) is 10.2 Å². The minimum absolute atomic E-state index is 0.0201.